The number of piperidine rings is 1. The topological polar surface area (TPSA) is 147 Å². The molecule has 1 aliphatic heterocycles. The fourth-order valence-corrected chi connectivity index (χ4v) is 7.74. The summed E-state index contributed by atoms with van der Waals surface area (Å²) in [6, 6.07) is 6.94. The van der Waals surface area contributed by atoms with E-state index in [-0.39, 0.29) is 56.5 Å². The molecular formula is C32H38BrFN6O6S. The largest absolute Gasteiger partial charge is 0.452 e. The molecule has 3 aromatic rings. The molecular weight excluding hydrogens is 695 g/mol. The van der Waals surface area contributed by atoms with E-state index < -0.39 is 27.4 Å². The van der Waals surface area contributed by atoms with Crippen LogP contribution in [-0.4, -0.2) is 65.6 Å². The molecule has 1 spiro atoms. The Morgan fingerprint density at radius 2 is 1.94 bits per heavy atom. The van der Waals surface area contributed by atoms with Crippen LogP contribution in [-0.2, 0) is 14.9 Å². The maximum absolute atomic E-state index is 15.1. The lowest BCUT2D eigenvalue weighted by Crippen LogP contribution is -2.44. The van der Waals surface area contributed by atoms with Crippen LogP contribution < -0.4 is 15.0 Å². The van der Waals surface area contributed by atoms with E-state index in [1.807, 2.05) is 26.8 Å². The Morgan fingerprint density at radius 3 is 2.57 bits per heavy atom. The summed E-state index contributed by atoms with van der Waals surface area (Å²) in [7, 11) is -2.64. The van der Waals surface area contributed by atoms with E-state index >= 15 is 4.39 Å². The van der Waals surface area contributed by atoms with Gasteiger partial charge in [0.05, 0.1) is 27.4 Å². The summed E-state index contributed by atoms with van der Waals surface area (Å²) in [5.74, 6) is -1.34. The normalized spacial score (nSPS) is 18.0. The number of hydrogen-bond acceptors (Lipinski definition) is 8. The molecule has 1 atom stereocenters. The molecule has 47 heavy (non-hydrogen) atoms. The predicted octanol–water partition coefficient (Wildman–Crippen LogP) is 6.31. The molecule has 0 bridgehead atoms. The highest BCUT2D eigenvalue weighted by atomic mass is 79.9. The Labute approximate surface area is 281 Å². The van der Waals surface area contributed by atoms with Crippen molar-refractivity contribution >= 4 is 48.8 Å². The monoisotopic (exact) mass is 732 g/mol. The van der Waals surface area contributed by atoms with Crippen molar-refractivity contribution in [2.24, 2.45) is 5.41 Å². The Hall–Kier alpha value is -3.74. The number of nitrogens with one attached hydrogen (secondary N) is 1. The Balaban J connectivity index is 1.40. The van der Waals surface area contributed by atoms with Crippen LogP contribution >= 0.6 is 15.9 Å². The van der Waals surface area contributed by atoms with Gasteiger partial charge in [-0.15, -0.1) is 0 Å². The summed E-state index contributed by atoms with van der Waals surface area (Å²) < 4.78 is 56.9. The molecule has 1 amide bonds. The number of fused-ring (bicyclic) bond motifs is 1. The van der Waals surface area contributed by atoms with Gasteiger partial charge < -0.3 is 14.4 Å². The van der Waals surface area contributed by atoms with Gasteiger partial charge in [0.15, 0.2) is 11.6 Å². The van der Waals surface area contributed by atoms with E-state index in [1.54, 1.807) is 28.8 Å². The second kappa shape index (κ2) is 13.0. The molecule has 0 unspecified atom stereocenters. The van der Waals surface area contributed by atoms with Crippen molar-refractivity contribution in [2.45, 2.75) is 71.4 Å². The molecule has 1 saturated heterocycles. The summed E-state index contributed by atoms with van der Waals surface area (Å²) in [5, 5.41) is 10.1. The zero-order valence-electron chi connectivity index (χ0n) is 27.0. The van der Waals surface area contributed by atoms with Gasteiger partial charge in [-0.1, -0.05) is 6.92 Å². The number of hydrogen-bond donors (Lipinski definition) is 1. The van der Waals surface area contributed by atoms with Crippen molar-refractivity contribution in [3.63, 3.8) is 0 Å². The van der Waals surface area contributed by atoms with Gasteiger partial charge in [-0.25, -0.2) is 14.2 Å². The van der Waals surface area contributed by atoms with E-state index in [0.717, 1.165) is 48.5 Å². The van der Waals surface area contributed by atoms with Gasteiger partial charge in [0.2, 0.25) is 0 Å². The number of amides is 1. The van der Waals surface area contributed by atoms with Crippen LogP contribution in [0.5, 0.6) is 11.5 Å². The lowest BCUT2D eigenvalue weighted by atomic mass is 9.77. The van der Waals surface area contributed by atoms with Gasteiger partial charge in [-0.2, -0.15) is 18.0 Å². The average Bonchev–Trinajstić information content (AvgIpc) is 3.41. The Morgan fingerprint density at radius 1 is 1.23 bits per heavy atom. The number of halogens is 2. The third-order valence-corrected chi connectivity index (χ3v) is 11.3. The van der Waals surface area contributed by atoms with E-state index in [1.165, 1.54) is 13.1 Å². The molecule has 5 rings (SSSR count). The third kappa shape index (κ3) is 7.09. The molecule has 1 aliphatic carbocycles. The number of carbonyl (C=O) groups excluding carboxylic acids is 1. The number of carbonyl (C=O) groups is 1. The fourth-order valence-electron chi connectivity index (χ4n) is 6.21. The first kappa shape index (κ1) is 34.6. The van der Waals surface area contributed by atoms with E-state index in [4.69, 9.17) is 9.47 Å². The van der Waals surface area contributed by atoms with Crippen LogP contribution in [0.15, 0.2) is 39.9 Å². The SMILES string of the molecule is CCN(C)S(=O)(=O)Nc1ccc(F)c(Oc2ccc3ncn([C@H]4CCC5(CCN(C(=O)OC(C)(C)C)CC5)C4)c(=O)c3c2Br)c1C#N. The predicted molar refractivity (Wildman–Crippen MR) is 178 cm³/mol. The lowest BCUT2D eigenvalue weighted by molar-refractivity contribution is 0.0103. The van der Waals surface area contributed by atoms with Gasteiger partial charge in [-0.05, 0) is 98.5 Å². The first-order valence-corrected chi connectivity index (χ1v) is 17.6. The zero-order chi connectivity index (χ0) is 34.3. The smallest absolute Gasteiger partial charge is 0.410 e. The summed E-state index contributed by atoms with van der Waals surface area (Å²) in [6.07, 6.45) is 5.34. The van der Waals surface area contributed by atoms with E-state index in [0.29, 0.717) is 18.6 Å². The van der Waals surface area contributed by atoms with Crippen LogP contribution in [0.25, 0.3) is 10.9 Å². The van der Waals surface area contributed by atoms with Crippen LogP contribution in [0, 0.1) is 22.6 Å². The first-order chi connectivity index (χ1) is 22.1. The van der Waals surface area contributed by atoms with Gasteiger partial charge in [0.25, 0.3) is 5.56 Å². The number of nitriles is 1. The van der Waals surface area contributed by atoms with Crippen molar-refractivity contribution in [3.05, 3.63) is 56.8 Å². The molecule has 15 heteroatoms. The fraction of sp³-hybridized carbons (Fsp3) is 0.500. The minimum absolute atomic E-state index is 0.00343. The Bertz CT molecular complexity index is 1910. The lowest BCUT2D eigenvalue weighted by Gasteiger charge is -2.40. The maximum atomic E-state index is 15.1. The number of ether oxygens (including phenoxy) is 2. The summed E-state index contributed by atoms with van der Waals surface area (Å²) in [6.45, 7) is 8.55. The molecule has 2 fully saturated rings. The molecule has 2 heterocycles. The zero-order valence-corrected chi connectivity index (χ0v) is 29.4. The van der Waals surface area contributed by atoms with Crippen molar-refractivity contribution < 1.29 is 27.1 Å². The maximum Gasteiger partial charge on any atom is 0.410 e. The first-order valence-electron chi connectivity index (χ1n) is 15.4. The molecule has 1 aromatic heterocycles. The van der Waals surface area contributed by atoms with Crippen LogP contribution in [0.3, 0.4) is 0 Å². The molecule has 0 radical (unpaired) electrons. The number of rotatable bonds is 7. The minimum atomic E-state index is -4.01. The van der Waals surface area contributed by atoms with E-state index in [2.05, 4.69) is 25.6 Å². The molecule has 1 saturated carbocycles. The van der Waals surface area contributed by atoms with Crippen LogP contribution in [0.4, 0.5) is 14.9 Å². The van der Waals surface area contributed by atoms with Gasteiger partial charge in [0.1, 0.15) is 23.0 Å². The molecule has 2 aliphatic rings. The molecule has 2 aromatic carbocycles. The number of aromatic nitrogens is 2. The second-order valence-corrected chi connectivity index (χ2v) is 15.7. The van der Waals surface area contributed by atoms with Crippen LogP contribution in [0.2, 0.25) is 0 Å². The van der Waals surface area contributed by atoms with Gasteiger partial charge in [0, 0.05) is 32.7 Å². The number of anilines is 1. The standard InChI is InChI=1S/C32H38BrFN6O6S/c1-6-38(5)47(43,44)37-23-8-7-22(34)28(21(23)18-35)45-25-10-9-24-26(27(25)33)29(41)40(19-36-24)20-11-12-32(17-20)13-15-39(16-14-32)30(42)46-31(2,3)4/h7-10,19-20,37H,6,11-17H2,1-5H3/t20-/m0/s1. The number of benzene rings is 2. The van der Waals surface area contributed by atoms with Crippen molar-refractivity contribution in [3.8, 4) is 17.6 Å². The average molecular weight is 734 g/mol. The third-order valence-electron chi connectivity index (χ3n) is 8.93. The quantitative estimate of drug-likeness (QED) is 0.297. The molecule has 1 N–H and O–H groups in total. The highest BCUT2D eigenvalue weighted by Gasteiger charge is 2.43. The Kier molecular flexibility index (Phi) is 9.60. The highest BCUT2D eigenvalue weighted by molar-refractivity contribution is 9.10. The van der Waals surface area contributed by atoms with Crippen molar-refractivity contribution in [1.29, 1.82) is 5.26 Å². The summed E-state index contributed by atoms with van der Waals surface area (Å²) in [4.78, 5) is 32.8. The van der Waals surface area contributed by atoms with Crippen molar-refractivity contribution in [1.82, 2.24) is 18.8 Å². The van der Waals surface area contributed by atoms with Crippen molar-refractivity contribution in [2.75, 3.05) is 31.4 Å². The summed E-state index contributed by atoms with van der Waals surface area (Å²) >= 11 is 3.46. The molecule has 12 nitrogen and oxygen atoms in total. The minimum Gasteiger partial charge on any atom is -0.452 e. The van der Waals surface area contributed by atoms with Crippen LogP contribution in [0.1, 0.15) is 71.4 Å². The highest BCUT2D eigenvalue weighted by Crippen LogP contribution is 2.50. The summed E-state index contributed by atoms with van der Waals surface area (Å²) in [5.41, 5.74) is -0.973. The molecule has 252 valence electrons. The second-order valence-electron chi connectivity index (χ2n) is 13.1. The van der Waals surface area contributed by atoms with Gasteiger partial charge >= 0.3 is 16.3 Å². The number of likely N-dealkylation sites (tertiary alicyclic amines) is 1. The number of nitrogens with zero attached hydrogens (tertiary/aromatic N) is 5. The van der Waals surface area contributed by atoms with Gasteiger partial charge in [-0.3, -0.25) is 14.1 Å². The van der Waals surface area contributed by atoms with E-state index in [9.17, 15) is 23.3 Å².